The first-order valence-electron chi connectivity index (χ1n) is 24.7. The number of hydrogen-bond donors (Lipinski definition) is 7. The topological polar surface area (TPSA) is 309 Å². The highest BCUT2D eigenvalue weighted by molar-refractivity contribution is 5.99. The van der Waals surface area contributed by atoms with Crippen molar-refractivity contribution in [3.63, 3.8) is 0 Å². The van der Waals surface area contributed by atoms with Crippen molar-refractivity contribution in [1.82, 2.24) is 35.7 Å². The van der Waals surface area contributed by atoms with Gasteiger partial charge in [-0.1, -0.05) is 53.7 Å². The number of benzene rings is 2. The van der Waals surface area contributed by atoms with Crippen molar-refractivity contribution in [2.45, 2.75) is 118 Å². The standard InChI is InChI=1S/C52H65N9O13/c1-8-33-34-23-32(16-17-38(34)57-44-35(33)25-61-40(44)24-37-36(47(61)66)27-72-48(67)52(37,71)9-2)74-50(69)55-21-22-60(7)51(70)73-26-30-12-14-31(15-13-30)56-45(64)39(11-10-20-54-49(53)68)58-46(65)43(29(5)6)59-42(63)19-18-41(62)28(3)4/h12-17,23-24,28-29,39,43,71H,8-11,18-22,25-27H2,1-7H3,(H,55,69)(H,56,64)(H,58,65)(H,59,63)(H3,53,54,68)/t39-,43-,52-/m0/s1. The lowest BCUT2D eigenvalue weighted by Gasteiger charge is -2.31. The summed E-state index contributed by atoms with van der Waals surface area (Å²) in [6.07, 6.45) is -0.499. The van der Waals surface area contributed by atoms with E-state index < -0.39 is 59.6 Å². The van der Waals surface area contributed by atoms with Crippen LogP contribution in [0, 0.1) is 11.8 Å². The minimum absolute atomic E-state index is 0.0267. The number of anilines is 1. The van der Waals surface area contributed by atoms with Crippen molar-refractivity contribution >= 4 is 64.3 Å². The van der Waals surface area contributed by atoms with E-state index in [0.29, 0.717) is 34.6 Å². The molecule has 2 aliphatic rings. The number of urea groups is 1. The Hall–Kier alpha value is -7.88. The molecule has 0 saturated heterocycles. The van der Waals surface area contributed by atoms with E-state index in [1.807, 2.05) is 6.92 Å². The van der Waals surface area contributed by atoms with Crippen LogP contribution in [0.1, 0.15) is 101 Å². The Morgan fingerprint density at radius 3 is 2.31 bits per heavy atom. The average Bonchev–Trinajstić information content (AvgIpc) is 3.73. The second-order valence-electron chi connectivity index (χ2n) is 18.9. The predicted octanol–water partition coefficient (Wildman–Crippen LogP) is 4.02. The molecule has 8 N–H and O–H groups in total. The number of pyridine rings is 2. The number of nitrogens with two attached hydrogens (primary N) is 1. The molecule has 6 rings (SSSR count). The number of carbonyl (C=O) groups excluding carboxylic acids is 8. The number of rotatable bonds is 22. The molecule has 0 spiro atoms. The van der Waals surface area contributed by atoms with Gasteiger partial charge in [0.1, 0.15) is 36.8 Å². The number of aliphatic hydroxyl groups is 1. The highest BCUT2D eigenvalue weighted by Gasteiger charge is 2.45. The Bertz CT molecular complexity index is 2880. The van der Waals surface area contributed by atoms with Crippen LogP contribution in [0.25, 0.3) is 22.3 Å². The number of Topliss-reactive ketones (excluding diaryl/α,β-unsaturated/α-hetero) is 1. The van der Waals surface area contributed by atoms with Crippen LogP contribution in [0.2, 0.25) is 0 Å². The summed E-state index contributed by atoms with van der Waals surface area (Å²) in [6, 6.07) is 10.3. The van der Waals surface area contributed by atoms with Crippen LogP contribution < -0.4 is 42.6 Å². The maximum Gasteiger partial charge on any atom is 0.412 e. The molecule has 2 aromatic carbocycles. The number of aryl methyl sites for hydroxylation is 1. The molecule has 0 unspecified atom stereocenters. The van der Waals surface area contributed by atoms with Gasteiger partial charge in [0.05, 0.1) is 29.0 Å². The van der Waals surface area contributed by atoms with Crippen molar-refractivity contribution in [2.75, 3.05) is 32.0 Å². The number of amides is 7. The van der Waals surface area contributed by atoms with E-state index in [1.165, 1.54) is 11.9 Å². The number of primary amides is 1. The van der Waals surface area contributed by atoms with Gasteiger partial charge in [-0.15, -0.1) is 0 Å². The molecule has 7 amide bonds. The number of hydrogen-bond acceptors (Lipinski definition) is 14. The summed E-state index contributed by atoms with van der Waals surface area (Å²) in [6.45, 7) is 10.7. The summed E-state index contributed by atoms with van der Waals surface area (Å²) in [5.74, 6) is -2.86. The minimum Gasteiger partial charge on any atom is -0.458 e. The van der Waals surface area contributed by atoms with E-state index in [2.05, 4.69) is 26.6 Å². The first-order chi connectivity index (χ1) is 35.1. The van der Waals surface area contributed by atoms with E-state index in [-0.39, 0.29) is 112 Å². The van der Waals surface area contributed by atoms with Gasteiger partial charge in [-0.25, -0.2) is 24.2 Å². The molecule has 4 aromatic rings. The lowest BCUT2D eigenvalue weighted by Crippen LogP contribution is -2.54. The number of nitrogens with zero attached hydrogens (tertiary/aromatic N) is 3. The molecule has 0 aliphatic carbocycles. The van der Waals surface area contributed by atoms with Crippen LogP contribution in [-0.2, 0) is 65.2 Å². The number of likely N-dealkylation sites (N-methyl/N-ethyl adjacent to an activating group) is 1. The predicted molar refractivity (Wildman–Crippen MR) is 270 cm³/mol. The smallest absolute Gasteiger partial charge is 0.412 e. The normalized spacial score (nSPS) is 15.2. The number of esters is 1. The van der Waals surface area contributed by atoms with E-state index in [9.17, 15) is 48.3 Å². The zero-order valence-corrected chi connectivity index (χ0v) is 42.7. The maximum atomic E-state index is 13.7. The zero-order valence-electron chi connectivity index (χ0n) is 42.7. The number of ether oxygens (including phenoxy) is 3. The second kappa shape index (κ2) is 24.2. The molecule has 2 aliphatic heterocycles. The third-order valence-corrected chi connectivity index (χ3v) is 13.1. The molecular formula is C52H65N9O13. The third-order valence-electron chi connectivity index (χ3n) is 13.1. The molecule has 74 heavy (non-hydrogen) atoms. The fourth-order valence-corrected chi connectivity index (χ4v) is 8.69. The largest absolute Gasteiger partial charge is 0.458 e. The van der Waals surface area contributed by atoms with Crippen LogP contribution >= 0.6 is 0 Å². The molecule has 396 valence electrons. The summed E-state index contributed by atoms with van der Waals surface area (Å²) in [5, 5.41) is 25.2. The average molecular weight is 1020 g/mol. The van der Waals surface area contributed by atoms with Crippen LogP contribution in [-0.4, -0.2) is 106 Å². The Morgan fingerprint density at radius 2 is 1.65 bits per heavy atom. The Balaban J connectivity index is 0.986. The van der Waals surface area contributed by atoms with Gasteiger partial charge in [0.15, 0.2) is 5.60 Å². The van der Waals surface area contributed by atoms with E-state index >= 15 is 0 Å². The number of carbonyl (C=O) groups is 8. The minimum atomic E-state index is -1.95. The van der Waals surface area contributed by atoms with Crippen LogP contribution in [0.15, 0.2) is 53.3 Å². The molecule has 2 aromatic heterocycles. The summed E-state index contributed by atoms with van der Waals surface area (Å²) < 4.78 is 17.8. The third kappa shape index (κ3) is 13.0. The van der Waals surface area contributed by atoms with Crippen molar-refractivity contribution in [2.24, 2.45) is 17.6 Å². The van der Waals surface area contributed by atoms with Gasteiger partial charge in [-0.3, -0.25) is 24.0 Å². The van der Waals surface area contributed by atoms with Gasteiger partial charge in [0.2, 0.25) is 17.7 Å². The van der Waals surface area contributed by atoms with Crippen molar-refractivity contribution in [3.8, 4) is 17.1 Å². The van der Waals surface area contributed by atoms with Gasteiger partial charge < -0.3 is 61.1 Å². The second-order valence-corrected chi connectivity index (χ2v) is 18.9. The molecule has 0 fully saturated rings. The van der Waals surface area contributed by atoms with Crippen molar-refractivity contribution in [1.29, 1.82) is 0 Å². The molecule has 22 nitrogen and oxygen atoms in total. The number of aromatic nitrogens is 2. The van der Waals surface area contributed by atoms with Crippen LogP contribution in [0.3, 0.4) is 0 Å². The summed E-state index contributed by atoms with van der Waals surface area (Å²) in [7, 11) is 1.50. The SMILES string of the molecule is CCc1c2c(nc3ccc(OC(=O)NCCN(C)C(=O)OCc4ccc(NC(=O)[C@H](CCCNC(N)=O)NC(=O)[C@@H](NC(=O)CCC(=O)C(C)C)C(C)C)cc4)cc13)-c1cc3c(c(=O)n1C2)COC(=O)[C@]3(O)CC. The van der Waals surface area contributed by atoms with Crippen LogP contribution in [0.4, 0.5) is 20.1 Å². The number of cyclic esters (lactones) is 1. The lowest BCUT2D eigenvalue weighted by molar-refractivity contribution is -0.172. The van der Waals surface area contributed by atoms with Gasteiger partial charge in [-0.2, -0.15) is 0 Å². The molecule has 22 heteroatoms. The fourth-order valence-electron chi connectivity index (χ4n) is 8.69. The summed E-state index contributed by atoms with van der Waals surface area (Å²) in [5.41, 5.74) is 7.63. The van der Waals surface area contributed by atoms with E-state index in [4.69, 9.17) is 24.9 Å². The molecule has 3 atom stereocenters. The summed E-state index contributed by atoms with van der Waals surface area (Å²) >= 11 is 0. The molecular weight excluding hydrogens is 959 g/mol. The van der Waals surface area contributed by atoms with E-state index in [0.717, 1.165) is 16.5 Å². The molecule has 0 saturated carbocycles. The quantitative estimate of drug-likeness (QED) is 0.0381. The monoisotopic (exact) mass is 1020 g/mol. The number of ketones is 1. The van der Waals surface area contributed by atoms with Gasteiger partial charge in [0, 0.05) is 67.6 Å². The number of fused-ring (bicyclic) bond motifs is 5. The highest BCUT2D eigenvalue weighted by atomic mass is 16.6. The van der Waals surface area contributed by atoms with Crippen molar-refractivity contribution < 1.29 is 57.7 Å². The van der Waals surface area contributed by atoms with Crippen LogP contribution in [0.5, 0.6) is 5.75 Å². The fraction of sp³-hybridized carbons (Fsp3) is 0.462. The molecule has 0 radical (unpaired) electrons. The Labute approximate surface area is 427 Å². The lowest BCUT2D eigenvalue weighted by atomic mass is 9.86. The zero-order chi connectivity index (χ0) is 54.0. The molecule has 0 bridgehead atoms. The highest BCUT2D eigenvalue weighted by Crippen LogP contribution is 2.41. The summed E-state index contributed by atoms with van der Waals surface area (Å²) in [4.78, 5) is 121. The maximum absolute atomic E-state index is 13.7. The first-order valence-corrected chi connectivity index (χ1v) is 24.7. The molecule has 4 heterocycles. The van der Waals surface area contributed by atoms with E-state index in [1.54, 1.807) is 87.7 Å². The first kappa shape index (κ1) is 55.4. The Kier molecular flexibility index (Phi) is 18.2. The number of nitrogens with one attached hydrogen (secondary N) is 5. The van der Waals surface area contributed by atoms with Gasteiger partial charge in [0.25, 0.3) is 5.56 Å². The Morgan fingerprint density at radius 1 is 0.919 bits per heavy atom. The van der Waals surface area contributed by atoms with Gasteiger partial charge in [-0.05, 0) is 79.1 Å². The van der Waals surface area contributed by atoms with Crippen molar-refractivity contribution in [3.05, 3.63) is 86.7 Å². The van der Waals surface area contributed by atoms with Gasteiger partial charge >= 0.3 is 24.2 Å².